The second-order valence-corrected chi connectivity index (χ2v) is 9.54. The van der Waals surface area contributed by atoms with Crippen molar-refractivity contribution in [1.82, 2.24) is 0 Å². The molecule has 0 saturated heterocycles. The third kappa shape index (κ3) is 3.96. The average Bonchev–Trinajstić information content (AvgIpc) is 3.15. The summed E-state index contributed by atoms with van der Waals surface area (Å²) in [4.78, 5) is 38.6. The highest BCUT2D eigenvalue weighted by Crippen LogP contribution is 2.39. The third-order valence-corrected chi connectivity index (χ3v) is 7.25. The SMILES string of the molecule is C[C@H]1CCc2c(sc(NC(=O)c3ccc(-c4cc5ccccc5oc4=O)cc3)c2C(N)=O)C1. The first-order chi connectivity index (χ1) is 15.9. The molecule has 3 N–H and O–H groups in total. The van der Waals surface area contributed by atoms with E-state index < -0.39 is 11.5 Å². The van der Waals surface area contributed by atoms with Gasteiger partial charge in [-0.3, -0.25) is 9.59 Å². The van der Waals surface area contributed by atoms with Gasteiger partial charge in [-0.05, 0) is 60.6 Å². The lowest BCUT2D eigenvalue weighted by atomic mass is 9.88. The van der Waals surface area contributed by atoms with Crippen molar-refractivity contribution >= 4 is 39.1 Å². The number of rotatable bonds is 4. The van der Waals surface area contributed by atoms with E-state index in [1.807, 2.05) is 18.2 Å². The molecule has 0 aliphatic heterocycles. The second-order valence-electron chi connectivity index (χ2n) is 8.44. The maximum Gasteiger partial charge on any atom is 0.344 e. The van der Waals surface area contributed by atoms with E-state index in [9.17, 15) is 14.4 Å². The number of benzene rings is 2. The maximum absolute atomic E-state index is 12.9. The van der Waals surface area contributed by atoms with Crippen LogP contribution in [-0.4, -0.2) is 11.8 Å². The molecule has 2 aromatic carbocycles. The van der Waals surface area contributed by atoms with E-state index in [2.05, 4.69) is 12.2 Å². The van der Waals surface area contributed by atoms with Gasteiger partial charge in [-0.1, -0.05) is 37.3 Å². The molecule has 5 rings (SSSR count). The minimum atomic E-state index is -0.518. The minimum absolute atomic E-state index is 0.332. The van der Waals surface area contributed by atoms with Crippen LogP contribution in [0.15, 0.2) is 63.8 Å². The van der Waals surface area contributed by atoms with Crippen LogP contribution in [-0.2, 0) is 12.8 Å². The number of thiophene rings is 1. The number of hydrogen-bond donors (Lipinski definition) is 2. The second kappa shape index (κ2) is 8.33. The lowest BCUT2D eigenvalue weighted by Gasteiger charge is -2.18. The van der Waals surface area contributed by atoms with Gasteiger partial charge in [0.1, 0.15) is 10.6 Å². The van der Waals surface area contributed by atoms with Gasteiger partial charge in [0, 0.05) is 15.8 Å². The highest BCUT2D eigenvalue weighted by Gasteiger charge is 2.27. The predicted molar refractivity (Wildman–Crippen MR) is 130 cm³/mol. The molecule has 166 valence electrons. The van der Waals surface area contributed by atoms with Gasteiger partial charge in [0.05, 0.1) is 11.1 Å². The predicted octanol–water partition coefficient (Wildman–Crippen LogP) is 5.00. The zero-order valence-corrected chi connectivity index (χ0v) is 18.8. The Balaban J connectivity index is 1.42. The normalized spacial score (nSPS) is 15.2. The summed E-state index contributed by atoms with van der Waals surface area (Å²) in [5, 5.41) is 4.20. The molecule has 33 heavy (non-hydrogen) atoms. The van der Waals surface area contributed by atoms with Crippen molar-refractivity contribution in [3.63, 3.8) is 0 Å². The summed E-state index contributed by atoms with van der Waals surface area (Å²) in [5.74, 6) is -0.308. The van der Waals surface area contributed by atoms with Gasteiger partial charge in [-0.25, -0.2) is 4.79 Å². The lowest BCUT2D eigenvalue weighted by Crippen LogP contribution is -2.19. The average molecular weight is 459 g/mol. The molecule has 2 aromatic heterocycles. The summed E-state index contributed by atoms with van der Waals surface area (Å²) >= 11 is 1.43. The number of amides is 2. The quantitative estimate of drug-likeness (QED) is 0.420. The van der Waals surface area contributed by atoms with Crippen molar-refractivity contribution in [2.75, 3.05) is 5.32 Å². The molecule has 0 saturated carbocycles. The molecule has 1 atom stereocenters. The van der Waals surface area contributed by atoms with Crippen LogP contribution in [0.3, 0.4) is 0 Å². The summed E-state index contributed by atoms with van der Waals surface area (Å²) in [6, 6.07) is 15.8. The Hall–Kier alpha value is -3.71. The van der Waals surface area contributed by atoms with Gasteiger partial charge in [0.25, 0.3) is 11.8 Å². The van der Waals surface area contributed by atoms with Crippen LogP contribution in [0.25, 0.3) is 22.1 Å². The molecule has 0 spiro atoms. The van der Waals surface area contributed by atoms with Crippen molar-refractivity contribution in [2.24, 2.45) is 11.7 Å². The summed E-state index contributed by atoms with van der Waals surface area (Å²) in [7, 11) is 0. The zero-order chi connectivity index (χ0) is 23.1. The molecule has 0 fully saturated rings. The Labute approximate surface area is 194 Å². The lowest BCUT2D eigenvalue weighted by molar-refractivity contribution is 0.1000. The molecular formula is C26H22N2O4S. The molecule has 1 aliphatic rings. The van der Waals surface area contributed by atoms with Crippen LogP contribution in [0.2, 0.25) is 0 Å². The van der Waals surface area contributed by atoms with E-state index in [0.717, 1.165) is 35.1 Å². The Kier molecular flexibility index (Phi) is 5.34. The van der Waals surface area contributed by atoms with Gasteiger partial charge in [0.15, 0.2) is 0 Å². The van der Waals surface area contributed by atoms with Gasteiger partial charge >= 0.3 is 5.63 Å². The summed E-state index contributed by atoms with van der Waals surface area (Å²) < 4.78 is 5.41. The number of para-hydroxylation sites is 1. The Morgan fingerprint density at radius 3 is 2.64 bits per heavy atom. The summed E-state index contributed by atoms with van der Waals surface area (Å²) in [6.45, 7) is 2.18. The van der Waals surface area contributed by atoms with Crippen molar-refractivity contribution in [2.45, 2.75) is 26.2 Å². The maximum atomic E-state index is 12.9. The molecule has 2 heterocycles. The molecule has 0 bridgehead atoms. The smallest absolute Gasteiger partial charge is 0.344 e. The molecule has 4 aromatic rings. The fraction of sp³-hybridized carbons (Fsp3) is 0.192. The van der Waals surface area contributed by atoms with Crippen molar-refractivity contribution in [3.05, 3.63) is 86.6 Å². The van der Waals surface area contributed by atoms with Crippen LogP contribution < -0.4 is 16.7 Å². The first-order valence-electron chi connectivity index (χ1n) is 10.8. The molecule has 0 radical (unpaired) electrons. The van der Waals surface area contributed by atoms with Crippen LogP contribution in [0.5, 0.6) is 0 Å². The number of fused-ring (bicyclic) bond motifs is 2. The number of carbonyl (C=O) groups is 2. The molecule has 7 heteroatoms. The first-order valence-corrected chi connectivity index (χ1v) is 11.6. The van der Waals surface area contributed by atoms with Crippen LogP contribution in [0.4, 0.5) is 5.00 Å². The molecule has 2 amide bonds. The highest BCUT2D eigenvalue weighted by atomic mass is 32.1. The van der Waals surface area contributed by atoms with Crippen molar-refractivity contribution in [1.29, 1.82) is 0 Å². The standard InChI is InChI=1S/C26H22N2O4S/c1-14-6-11-18-21(12-14)33-25(22(18)23(27)29)28-24(30)16-9-7-15(8-10-16)19-13-17-4-2-3-5-20(17)32-26(19)31/h2-5,7-10,13-14H,6,11-12H2,1H3,(H2,27,29)(H,28,30)/t14-/m0/s1. The minimum Gasteiger partial charge on any atom is -0.422 e. The third-order valence-electron chi connectivity index (χ3n) is 6.08. The molecular weight excluding hydrogens is 436 g/mol. The fourth-order valence-electron chi connectivity index (χ4n) is 4.34. The largest absolute Gasteiger partial charge is 0.422 e. The monoisotopic (exact) mass is 458 g/mol. The number of hydrogen-bond acceptors (Lipinski definition) is 5. The zero-order valence-electron chi connectivity index (χ0n) is 18.0. The molecule has 6 nitrogen and oxygen atoms in total. The summed E-state index contributed by atoms with van der Waals surface area (Å²) in [6.07, 6.45) is 2.69. The first kappa shape index (κ1) is 21.2. The van der Waals surface area contributed by atoms with E-state index in [-0.39, 0.29) is 5.91 Å². The van der Waals surface area contributed by atoms with E-state index in [0.29, 0.717) is 38.8 Å². The number of carbonyl (C=O) groups excluding carboxylic acids is 2. The van der Waals surface area contributed by atoms with Crippen LogP contribution >= 0.6 is 11.3 Å². The van der Waals surface area contributed by atoms with Crippen LogP contribution in [0.1, 0.15) is 44.5 Å². The Morgan fingerprint density at radius 1 is 1.12 bits per heavy atom. The number of anilines is 1. The van der Waals surface area contributed by atoms with Crippen molar-refractivity contribution in [3.8, 4) is 11.1 Å². The van der Waals surface area contributed by atoms with Crippen LogP contribution in [0, 0.1) is 5.92 Å². The summed E-state index contributed by atoms with van der Waals surface area (Å²) in [5.41, 5.74) is 8.64. The van der Waals surface area contributed by atoms with Gasteiger partial charge in [0.2, 0.25) is 0 Å². The fourth-order valence-corrected chi connectivity index (χ4v) is 5.75. The number of nitrogens with two attached hydrogens (primary N) is 1. The van der Waals surface area contributed by atoms with Gasteiger partial charge < -0.3 is 15.5 Å². The van der Waals surface area contributed by atoms with Crippen molar-refractivity contribution < 1.29 is 14.0 Å². The Morgan fingerprint density at radius 2 is 1.88 bits per heavy atom. The molecule has 0 unspecified atom stereocenters. The Bertz CT molecular complexity index is 1450. The van der Waals surface area contributed by atoms with Gasteiger partial charge in [-0.2, -0.15) is 0 Å². The number of primary amides is 1. The van der Waals surface area contributed by atoms with E-state index in [4.69, 9.17) is 10.2 Å². The molecule has 1 aliphatic carbocycles. The topological polar surface area (TPSA) is 102 Å². The number of nitrogens with one attached hydrogen (secondary N) is 1. The van der Waals surface area contributed by atoms with E-state index >= 15 is 0 Å². The highest BCUT2D eigenvalue weighted by molar-refractivity contribution is 7.17. The van der Waals surface area contributed by atoms with E-state index in [1.54, 1.807) is 36.4 Å². The van der Waals surface area contributed by atoms with E-state index in [1.165, 1.54) is 11.3 Å². The van der Waals surface area contributed by atoms with Gasteiger partial charge in [-0.15, -0.1) is 11.3 Å².